The first-order chi connectivity index (χ1) is 5.63. The highest BCUT2D eigenvalue weighted by Crippen LogP contribution is 2.12. The highest BCUT2D eigenvalue weighted by molar-refractivity contribution is 5.31. The fourth-order valence-electron chi connectivity index (χ4n) is 0.683. The van der Waals surface area contributed by atoms with Crippen LogP contribution in [0.1, 0.15) is 34.1 Å². The van der Waals surface area contributed by atoms with Gasteiger partial charge in [0, 0.05) is 0 Å². The van der Waals surface area contributed by atoms with Gasteiger partial charge in [-0.3, -0.25) is 0 Å². The molecule has 1 heteroatoms. The summed E-state index contributed by atoms with van der Waals surface area (Å²) < 4.78 is 0. The van der Waals surface area contributed by atoms with Gasteiger partial charge in [0.15, 0.2) is 0 Å². The Morgan fingerprint density at radius 1 is 1.42 bits per heavy atom. The molecular formula is C11H20O. The van der Waals surface area contributed by atoms with Crippen LogP contribution >= 0.6 is 0 Å². The van der Waals surface area contributed by atoms with Crippen molar-refractivity contribution >= 4 is 0 Å². The Hall–Kier alpha value is -0.980. The Bertz CT molecular complexity index is 175. The van der Waals surface area contributed by atoms with E-state index in [4.69, 9.17) is 0 Å². The zero-order valence-corrected chi connectivity index (χ0v) is 8.65. The second-order valence-corrected chi connectivity index (χ2v) is 2.21. The number of aliphatic hydroxyl groups is 1. The summed E-state index contributed by atoms with van der Waals surface area (Å²) in [6.45, 7) is 14.9. The molecule has 0 atom stereocenters. The number of rotatable bonds is 3. The maximum Gasteiger partial charge on any atom is 0.121 e. The van der Waals surface area contributed by atoms with Gasteiger partial charge in [0.1, 0.15) is 5.76 Å². The van der Waals surface area contributed by atoms with Crippen molar-refractivity contribution in [2.24, 2.45) is 0 Å². The van der Waals surface area contributed by atoms with Gasteiger partial charge in [0.25, 0.3) is 0 Å². The van der Waals surface area contributed by atoms with E-state index in [0.29, 0.717) is 5.57 Å². The Morgan fingerprint density at radius 2 is 1.83 bits per heavy atom. The van der Waals surface area contributed by atoms with E-state index in [9.17, 15) is 5.11 Å². The molecule has 0 unspecified atom stereocenters. The van der Waals surface area contributed by atoms with Crippen molar-refractivity contribution in [3.63, 3.8) is 0 Å². The lowest BCUT2D eigenvalue weighted by molar-refractivity contribution is 0.417. The van der Waals surface area contributed by atoms with Gasteiger partial charge in [0.2, 0.25) is 0 Å². The van der Waals surface area contributed by atoms with Crippen LogP contribution in [0.15, 0.2) is 36.1 Å². The third kappa shape index (κ3) is 4.78. The maximum absolute atomic E-state index is 9.30. The summed E-state index contributed by atoms with van der Waals surface area (Å²) in [6, 6.07) is 0. The molecule has 0 heterocycles. The molecule has 0 aromatic rings. The van der Waals surface area contributed by atoms with Gasteiger partial charge in [-0.15, -0.1) is 0 Å². The Balaban J connectivity index is 0. The number of hydrogen-bond acceptors (Lipinski definition) is 1. The summed E-state index contributed by atoms with van der Waals surface area (Å²) in [5.74, 6) is 0.275. The van der Waals surface area contributed by atoms with Crippen molar-refractivity contribution in [3.05, 3.63) is 36.1 Å². The van der Waals surface area contributed by atoms with Gasteiger partial charge in [-0.1, -0.05) is 40.0 Å². The molecule has 0 bridgehead atoms. The van der Waals surface area contributed by atoms with Crippen molar-refractivity contribution in [3.8, 4) is 0 Å². The average Bonchev–Trinajstić information content (AvgIpc) is 2.10. The van der Waals surface area contributed by atoms with E-state index in [2.05, 4.69) is 13.2 Å². The van der Waals surface area contributed by atoms with Gasteiger partial charge in [0.05, 0.1) is 0 Å². The van der Waals surface area contributed by atoms with Gasteiger partial charge in [-0.05, 0) is 24.5 Å². The monoisotopic (exact) mass is 168 g/mol. The molecule has 0 spiro atoms. The fraction of sp³-hybridized carbons (Fsp3) is 0.455. The van der Waals surface area contributed by atoms with E-state index in [1.807, 2.05) is 20.8 Å². The minimum Gasteiger partial charge on any atom is -0.507 e. The lowest BCUT2D eigenvalue weighted by Crippen LogP contribution is -1.87. The molecule has 1 nitrogen and oxygen atoms in total. The van der Waals surface area contributed by atoms with E-state index < -0.39 is 0 Å². The minimum absolute atomic E-state index is 0.275. The zero-order valence-electron chi connectivity index (χ0n) is 8.65. The van der Waals surface area contributed by atoms with Crippen LogP contribution in [-0.4, -0.2) is 5.11 Å². The van der Waals surface area contributed by atoms with Crippen molar-refractivity contribution in [1.29, 1.82) is 0 Å². The second kappa shape index (κ2) is 8.12. The van der Waals surface area contributed by atoms with E-state index in [1.165, 1.54) is 0 Å². The first kappa shape index (κ1) is 13.6. The van der Waals surface area contributed by atoms with E-state index in [0.717, 1.165) is 12.0 Å². The molecule has 0 aliphatic heterocycles. The van der Waals surface area contributed by atoms with Crippen LogP contribution in [0, 0.1) is 0 Å². The first-order valence-electron chi connectivity index (χ1n) is 4.33. The number of aliphatic hydroxyl groups excluding tert-OH is 1. The predicted octanol–water partition coefficient (Wildman–Crippen LogP) is 4.00. The molecular weight excluding hydrogens is 148 g/mol. The van der Waals surface area contributed by atoms with Crippen LogP contribution in [0.4, 0.5) is 0 Å². The standard InChI is InChI=1S/C9H14O.C2H6/c1-5-8(6-2)9(10)7(3)4;1-2/h5,10H,1,3,6H2,2,4H3;1-2H3/b9-8-;. The molecule has 0 aliphatic carbocycles. The topological polar surface area (TPSA) is 20.2 Å². The number of hydrogen-bond donors (Lipinski definition) is 1. The quantitative estimate of drug-likeness (QED) is 0.499. The molecule has 0 aromatic heterocycles. The third-order valence-corrected chi connectivity index (χ3v) is 1.34. The first-order valence-corrected chi connectivity index (χ1v) is 4.33. The smallest absolute Gasteiger partial charge is 0.121 e. The summed E-state index contributed by atoms with van der Waals surface area (Å²) in [6.07, 6.45) is 2.45. The Labute approximate surface area is 76.1 Å². The largest absolute Gasteiger partial charge is 0.507 e. The zero-order chi connectivity index (χ0) is 10.1. The maximum atomic E-state index is 9.30. The van der Waals surface area contributed by atoms with Crippen molar-refractivity contribution < 1.29 is 5.11 Å². The van der Waals surface area contributed by atoms with Gasteiger partial charge < -0.3 is 5.11 Å². The molecule has 70 valence electrons. The molecule has 0 saturated heterocycles. The molecule has 0 saturated carbocycles. The minimum atomic E-state index is 0.275. The van der Waals surface area contributed by atoms with E-state index in [-0.39, 0.29) is 5.76 Å². The second-order valence-electron chi connectivity index (χ2n) is 2.21. The molecule has 0 radical (unpaired) electrons. The highest BCUT2D eigenvalue weighted by atomic mass is 16.3. The van der Waals surface area contributed by atoms with Crippen LogP contribution in [0.3, 0.4) is 0 Å². The van der Waals surface area contributed by atoms with Gasteiger partial charge >= 0.3 is 0 Å². The molecule has 0 amide bonds. The van der Waals surface area contributed by atoms with Crippen LogP contribution in [-0.2, 0) is 0 Å². The molecule has 0 rings (SSSR count). The summed E-state index contributed by atoms with van der Waals surface area (Å²) in [5, 5.41) is 9.30. The Kier molecular flexibility index (Phi) is 9.20. The summed E-state index contributed by atoms with van der Waals surface area (Å²) in [4.78, 5) is 0. The van der Waals surface area contributed by atoms with Gasteiger partial charge in [-0.25, -0.2) is 0 Å². The SMILES string of the molecule is C=C/C(CC)=C(/O)C(=C)C.CC. The summed E-state index contributed by atoms with van der Waals surface area (Å²) in [5.41, 5.74) is 1.55. The van der Waals surface area contributed by atoms with Crippen LogP contribution < -0.4 is 0 Å². The Morgan fingerprint density at radius 3 is 1.92 bits per heavy atom. The molecule has 0 aromatic carbocycles. The molecule has 1 N–H and O–H groups in total. The number of allylic oxidation sites excluding steroid dienone is 3. The lowest BCUT2D eigenvalue weighted by atomic mass is 10.1. The normalized spacial score (nSPS) is 10.7. The van der Waals surface area contributed by atoms with Crippen molar-refractivity contribution in [2.75, 3.05) is 0 Å². The molecule has 12 heavy (non-hydrogen) atoms. The van der Waals surface area contributed by atoms with Gasteiger partial charge in [-0.2, -0.15) is 0 Å². The van der Waals surface area contributed by atoms with Crippen molar-refractivity contribution in [1.82, 2.24) is 0 Å². The van der Waals surface area contributed by atoms with E-state index in [1.54, 1.807) is 13.0 Å². The van der Waals surface area contributed by atoms with Crippen molar-refractivity contribution in [2.45, 2.75) is 34.1 Å². The molecule has 0 aliphatic rings. The third-order valence-electron chi connectivity index (χ3n) is 1.34. The fourth-order valence-corrected chi connectivity index (χ4v) is 0.683. The van der Waals surface area contributed by atoms with Crippen LogP contribution in [0.25, 0.3) is 0 Å². The average molecular weight is 168 g/mol. The highest BCUT2D eigenvalue weighted by Gasteiger charge is 1.98. The van der Waals surface area contributed by atoms with Crippen LogP contribution in [0.5, 0.6) is 0 Å². The lowest BCUT2D eigenvalue weighted by Gasteiger charge is -2.02. The summed E-state index contributed by atoms with van der Waals surface area (Å²) >= 11 is 0. The summed E-state index contributed by atoms with van der Waals surface area (Å²) in [7, 11) is 0. The molecule has 0 fully saturated rings. The van der Waals surface area contributed by atoms with Crippen LogP contribution in [0.2, 0.25) is 0 Å². The predicted molar refractivity (Wildman–Crippen MR) is 56.3 cm³/mol. The van der Waals surface area contributed by atoms with E-state index >= 15 is 0 Å².